The van der Waals surface area contributed by atoms with E-state index in [1.165, 1.54) is 0 Å². The topological polar surface area (TPSA) is 64.7 Å². The standard InChI is InChI=1S/C14H21N5O/c1-9(2)14-15-6-7-19(14)8-12(20)16-13-10(3)17-18(5)11(13)4/h6-7,9H,8H2,1-5H3,(H,16,20). The summed E-state index contributed by atoms with van der Waals surface area (Å²) in [5.41, 5.74) is 2.57. The molecule has 0 spiro atoms. The predicted molar refractivity (Wildman–Crippen MR) is 77.6 cm³/mol. The highest BCUT2D eigenvalue weighted by Gasteiger charge is 2.14. The molecule has 0 atom stereocenters. The van der Waals surface area contributed by atoms with E-state index in [-0.39, 0.29) is 12.5 Å². The minimum absolute atomic E-state index is 0.0656. The number of hydrogen-bond acceptors (Lipinski definition) is 3. The first-order valence-electron chi connectivity index (χ1n) is 6.71. The first kappa shape index (κ1) is 14.3. The van der Waals surface area contributed by atoms with Crippen LogP contribution >= 0.6 is 0 Å². The van der Waals surface area contributed by atoms with Gasteiger partial charge in [0, 0.05) is 25.4 Å². The highest BCUT2D eigenvalue weighted by Crippen LogP contribution is 2.18. The molecule has 2 heterocycles. The number of nitrogens with zero attached hydrogens (tertiary/aromatic N) is 4. The quantitative estimate of drug-likeness (QED) is 0.928. The van der Waals surface area contributed by atoms with E-state index in [1.807, 2.05) is 31.7 Å². The number of carbonyl (C=O) groups excluding carboxylic acids is 1. The van der Waals surface area contributed by atoms with E-state index in [9.17, 15) is 4.79 Å². The molecule has 0 bridgehead atoms. The Morgan fingerprint density at radius 3 is 2.65 bits per heavy atom. The summed E-state index contributed by atoms with van der Waals surface area (Å²) in [5, 5.41) is 7.22. The molecular formula is C14H21N5O. The van der Waals surface area contributed by atoms with Crippen LogP contribution in [-0.2, 0) is 18.4 Å². The normalized spacial score (nSPS) is 11.1. The van der Waals surface area contributed by atoms with Gasteiger partial charge < -0.3 is 9.88 Å². The summed E-state index contributed by atoms with van der Waals surface area (Å²) in [6, 6.07) is 0. The maximum Gasteiger partial charge on any atom is 0.244 e. The van der Waals surface area contributed by atoms with E-state index in [0.717, 1.165) is 22.9 Å². The molecule has 0 aliphatic heterocycles. The van der Waals surface area contributed by atoms with Gasteiger partial charge in [-0.25, -0.2) is 4.98 Å². The van der Waals surface area contributed by atoms with Crippen LogP contribution < -0.4 is 5.32 Å². The van der Waals surface area contributed by atoms with E-state index in [2.05, 4.69) is 29.2 Å². The molecule has 0 radical (unpaired) electrons. The zero-order valence-electron chi connectivity index (χ0n) is 12.6. The van der Waals surface area contributed by atoms with Gasteiger partial charge in [-0.15, -0.1) is 0 Å². The van der Waals surface area contributed by atoms with Crippen LogP contribution in [-0.4, -0.2) is 25.2 Å². The van der Waals surface area contributed by atoms with Gasteiger partial charge in [-0.3, -0.25) is 9.48 Å². The molecule has 0 saturated heterocycles. The van der Waals surface area contributed by atoms with E-state index in [4.69, 9.17) is 0 Å². The van der Waals surface area contributed by atoms with Crippen LogP contribution in [0.3, 0.4) is 0 Å². The number of aryl methyl sites for hydroxylation is 2. The number of anilines is 1. The molecule has 0 saturated carbocycles. The molecule has 0 fully saturated rings. The molecule has 2 aromatic heterocycles. The summed E-state index contributed by atoms with van der Waals surface area (Å²) >= 11 is 0. The Kier molecular flexibility index (Phi) is 3.92. The molecule has 108 valence electrons. The second-order valence-electron chi connectivity index (χ2n) is 5.29. The van der Waals surface area contributed by atoms with Gasteiger partial charge in [0.2, 0.25) is 5.91 Å². The van der Waals surface area contributed by atoms with Gasteiger partial charge in [0.1, 0.15) is 12.4 Å². The average molecular weight is 275 g/mol. The minimum atomic E-state index is -0.0656. The highest BCUT2D eigenvalue weighted by molar-refractivity contribution is 5.91. The second kappa shape index (κ2) is 5.48. The lowest BCUT2D eigenvalue weighted by atomic mass is 10.2. The Morgan fingerprint density at radius 2 is 2.10 bits per heavy atom. The van der Waals surface area contributed by atoms with Gasteiger partial charge in [0.15, 0.2) is 0 Å². The summed E-state index contributed by atoms with van der Waals surface area (Å²) in [5.74, 6) is 1.14. The monoisotopic (exact) mass is 275 g/mol. The number of nitrogens with one attached hydrogen (secondary N) is 1. The third-order valence-electron chi connectivity index (χ3n) is 3.35. The van der Waals surface area contributed by atoms with Crippen molar-refractivity contribution < 1.29 is 4.79 Å². The maximum absolute atomic E-state index is 12.2. The molecule has 0 aliphatic rings. The average Bonchev–Trinajstić information content (AvgIpc) is 2.90. The van der Waals surface area contributed by atoms with Gasteiger partial charge in [0.25, 0.3) is 0 Å². The van der Waals surface area contributed by atoms with Crippen molar-refractivity contribution in [2.24, 2.45) is 7.05 Å². The lowest BCUT2D eigenvalue weighted by molar-refractivity contribution is -0.116. The molecule has 2 rings (SSSR count). The van der Waals surface area contributed by atoms with Crippen molar-refractivity contribution in [2.75, 3.05) is 5.32 Å². The van der Waals surface area contributed by atoms with Crippen LogP contribution in [0.1, 0.15) is 37.0 Å². The predicted octanol–water partition coefficient (Wildman–Crippen LogP) is 2.00. The Balaban J connectivity index is 2.11. The molecular weight excluding hydrogens is 254 g/mol. The lowest BCUT2D eigenvalue weighted by Gasteiger charge is -2.11. The number of rotatable bonds is 4. The number of hydrogen-bond donors (Lipinski definition) is 1. The Morgan fingerprint density at radius 1 is 1.40 bits per heavy atom. The van der Waals surface area contributed by atoms with Crippen molar-refractivity contribution >= 4 is 11.6 Å². The van der Waals surface area contributed by atoms with Crippen LogP contribution in [0.2, 0.25) is 0 Å². The van der Waals surface area contributed by atoms with E-state index in [1.54, 1.807) is 10.9 Å². The van der Waals surface area contributed by atoms with E-state index < -0.39 is 0 Å². The minimum Gasteiger partial charge on any atom is -0.325 e. The first-order chi connectivity index (χ1) is 9.40. The summed E-state index contributed by atoms with van der Waals surface area (Å²) in [4.78, 5) is 16.5. The summed E-state index contributed by atoms with van der Waals surface area (Å²) < 4.78 is 3.64. The fraction of sp³-hybridized carbons (Fsp3) is 0.500. The van der Waals surface area contributed by atoms with Crippen molar-refractivity contribution in [3.8, 4) is 0 Å². The van der Waals surface area contributed by atoms with Crippen molar-refractivity contribution in [3.63, 3.8) is 0 Å². The zero-order chi connectivity index (χ0) is 14.9. The van der Waals surface area contributed by atoms with Crippen molar-refractivity contribution in [1.82, 2.24) is 19.3 Å². The number of carbonyl (C=O) groups is 1. The molecule has 6 nitrogen and oxygen atoms in total. The molecule has 1 amide bonds. The van der Waals surface area contributed by atoms with Crippen LogP contribution in [0.15, 0.2) is 12.4 Å². The number of amides is 1. The maximum atomic E-state index is 12.2. The second-order valence-corrected chi connectivity index (χ2v) is 5.29. The SMILES string of the molecule is Cc1nn(C)c(C)c1NC(=O)Cn1ccnc1C(C)C. The van der Waals surface area contributed by atoms with Crippen LogP contribution in [0.4, 0.5) is 5.69 Å². The van der Waals surface area contributed by atoms with Gasteiger partial charge in [-0.2, -0.15) is 5.10 Å². The van der Waals surface area contributed by atoms with Crippen LogP contribution in [0.5, 0.6) is 0 Å². The smallest absolute Gasteiger partial charge is 0.244 e. The van der Waals surface area contributed by atoms with Crippen LogP contribution in [0, 0.1) is 13.8 Å². The molecule has 0 aliphatic carbocycles. The zero-order valence-corrected chi connectivity index (χ0v) is 12.6. The molecule has 0 aromatic carbocycles. The van der Waals surface area contributed by atoms with Crippen molar-refractivity contribution in [2.45, 2.75) is 40.2 Å². The molecule has 20 heavy (non-hydrogen) atoms. The third kappa shape index (κ3) is 2.74. The number of imidazole rings is 1. The Hall–Kier alpha value is -2.11. The van der Waals surface area contributed by atoms with Gasteiger partial charge in [0.05, 0.1) is 17.1 Å². The Bertz CT molecular complexity index is 624. The fourth-order valence-electron chi connectivity index (χ4n) is 2.24. The Labute approximate surface area is 118 Å². The van der Waals surface area contributed by atoms with Crippen molar-refractivity contribution in [1.29, 1.82) is 0 Å². The van der Waals surface area contributed by atoms with Gasteiger partial charge >= 0.3 is 0 Å². The molecule has 6 heteroatoms. The fourth-order valence-corrected chi connectivity index (χ4v) is 2.24. The first-order valence-corrected chi connectivity index (χ1v) is 6.71. The molecule has 2 aromatic rings. The number of aromatic nitrogens is 4. The van der Waals surface area contributed by atoms with Crippen LogP contribution in [0.25, 0.3) is 0 Å². The lowest BCUT2D eigenvalue weighted by Crippen LogP contribution is -2.20. The van der Waals surface area contributed by atoms with Gasteiger partial charge in [-0.1, -0.05) is 13.8 Å². The summed E-state index contributed by atoms with van der Waals surface area (Å²) in [6.45, 7) is 8.21. The summed E-state index contributed by atoms with van der Waals surface area (Å²) in [6.07, 6.45) is 3.56. The molecule has 0 unspecified atom stereocenters. The van der Waals surface area contributed by atoms with Crippen molar-refractivity contribution in [3.05, 3.63) is 29.6 Å². The largest absolute Gasteiger partial charge is 0.325 e. The third-order valence-corrected chi connectivity index (χ3v) is 3.35. The van der Waals surface area contributed by atoms with Gasteiger partial charge in [-0.05, 0) is 13.8 Å². The van der Waals surface area contributed by atoms with E-state index >= 15 is 0 Å². The summed E-state index contributed by atoms with van der Waals surface area (Å²) in [7, 11) is 1.87. The van der Waals surface area contributed by atoms with E-state index in [0.29, 0.717) is 5.92 Å². The molecule has 1 N–H and O–H groups in total. The highest BCUT2D eigenvalue weighted by atomic mass is 16.2.